The number of nitrogens with zero attached hydrogens (tertiary/aromatic N) is 2. The van der Waals surface area contributed by atoms with Crippen LogP contribution in [0.3, 0.4) is 0 Å². The average molecular weight is 388 g/mol. The molecule has 1 aliphatic heterocycles. The SMILES string of the molecule is CCN1CCN(S(=O)(=O)c2cc(Cl)c(Br)s2)CC1C. The summed E-state index contributed by atoms with van der Waals surface area (Å²) in [6.45, 7) is 6.94. The molecule has 1 unspecified atom stereocenters. The van der Waals surface area contributed by atoms with Gasteiger partial charge in [0.05, 0.1) is 8.81 Å². The first kappa shape index (κ1) is 15.7. The smallest absolute Gasteiger partial charge is 0.252 e. The molecule has 0 amide bonds. The Morgan fingerprint density at radius 1 is 1.53 bits per heavy atom. The number of thiophene rings is 1. The monoisotopic (exact) mass is 386 g/mol. The van der Waals surface area contributed by atoms with E-state index < -0.39 is 10.0 Å². The first-order valence-corrected chi connectivity index (χ1v) is 9.48. The fraction of sp³-hybridized carbons (Fsp3) is 0.636. The summed E-state index contributed by atoms with van der Waals surface area (Å²) in [5.41, 5.74) is 0. The molecule has 108 valence electrons. The van der Waals surface area contributed by atoms with E-state index in [0.29, 0.717) is 26.1 Å². The van der Waals surface area contributed by atoms with Gasteiger partial charge in [-0.05, 0) is 35.5 Å². The fourth-order valence-electron chi connectivity index (χ4n) is 2.23. The zero-order valence-corrected chi connectivity index (χ0v) is 14.7. The Kier molecular flexibility index (Phi) is 4.96. The molecule has 19 heavy (non-hydrogen) atoms. The van der Waals surface area contributed by atoms with E-state index in [0.717, 1.165) is 24.4 Å². The topological polar surface area (TPSA) is 40.6 Å². The van der Waals surface area contributed by atoms with Crippen LogP contribution >= 0.6 is 38.9 Å². The molecule has 1 atom stereocenters. The van der Waals surface area contributed by atoms with E-state index in [2.05, 4.69) is 34.7 Å². The summed E-state index contributed by atoms with van der Waals surface area (Å²) in [4.78, 5) is 2.28. The second-order valence-corrected chi connectivity index (χ2v) is 9.47. The van der Waals surface area contributed by atoms with E-state index in [1.807, 2.05) is 0 Å². The molecule has 2 heterocycles. The molecule has 1 fully saturated rings. The Balaban J connectivity index is 2.22. The van der Waals surface area contributed by atoms with Gasteiger partial charge in [0.1, 0.15) is 4.21 Å². The number of hydrogen-bond donors (Lipinski definition) is 0. The number of rotatable bonds is 3. The van der Waals surface area contributed by atoms with Crippen LogP contribution in [0.25, 0.3) is 0 Å². The van der Waals surface area contributed by atoms with Gasteiger partial charge in [-0.25, -0.2) is 8.42 Å². The molecule has 0 saturated carbocycles. The number of hydrogen-bond acceptors (Lipinski definition) is 4. The highest BCUT2D eigenvalue weighted by Crippen LogP contribution is 2.36. The van der Waals surface area contributed by atoms with Crippen LogP contribution in [-0.2, 0) is 10.0 Å². The van der Waals surface area contributed by atoms with Gasteiger partial charge in [0, 0.05) is 25.7 Å². The zero-order chi connectivity index (χ0) is 14.2. The van der Waals surface area contributed by atoms with Crippen LogP contribution in [0.15, 0.2) is 14.1 Å². The summed E-state index contributed by atoms with van der Waals surface area (Å²) in [5.74, 6) is 0. The quantitative estimate of drug-likeness (QED) is 0.801. The van der Waals surface area contributed by atoms with Gasteiger partial charge in [-0.1, -0.05) is 18.5 Å². The van der Waals surface area contributed by atoms with E-state index in [1.165, 1.54) is 6.07 Å². The van der Waals surface area contributed by atoms with Crippen molar-refractivity contribution in [2.75, 3.05) is 26.2 Å². The number of halogens is 2. The van der Waals surface area contributed by atoms with E-state index in [4.69, 9.17) is 11.6 Å². The molecule has 0 bridgehead atoms. The lowest BCUT2D eigenvalue weighted by Crippen LogP contribution is -2.53. The number of likely N-dealkylation sites (N-methyl/N-ethyl adjacent to an activating group) is 1. The number of sulfonamides is 1. The van der Waals surface area contributed by atoms with Crippen LogP contribution < -0.4 is 0 Å². The lowest BCUT2D eigenvalue weighted by Gasteiger charge is -2.38. The van der Waals surface area contributed by atoms with Crippen LogP contribution in [-0.4, -0.2) is 49.8 Å². The lowest BCUT2D eigenvalue weighted by atomic mass is 10.2. The third-order valence-corrected chi connectivity index (χ3v) is 8.14. The molecule has 1 aromatic rings. The lowest BCUT2D eigenvalue weighted by molar-refractivity contribution is 0.136. The molecule has 0 radical (unpaired) electrons. The molecule has 4 nitrogen and oxygen atoms in total. The van der Waals surface area contributed by atoms with Crippen molar-refractivity contribution < 1.29 is 8.42 Å². The molecular weight excluding hydrogens is 372 g/mol. The Morgan fingerprint density at radius 2 is 2.21 bits per heavy atom. The van der Waals surface area contributed by atoms with Crippen LogP contribution in [0.1, 0.15) is 13.8 Å². The van der Waals surface area contributed by atoms with Gasteiger partial charge in [0.15, 0.2) is 0 Å². The van der Waals surface area contributed by atoms with E-state index >= 15 is 0 Å². The second kappa shape index (κ2) is 5.99. The van der Waals surface area contributed by atoms with Crippen LogP contribution in [0.4, 0.5) is 0 Å². The Labute approximate surface area is 131 Å². The maximum Gasteiger partial charge on any atom is 0.252 e. The maximum absolute atomic E-state index is 12.5. The van der Waals surface area contributed by atoms with Gasteiger partial charge < -0.3 is 0 Å². The largest absolute Gasteiger partial charge is 0.298 e. The number of piperazine rings is 1. The highest BCUT2D eigenvalue weighted by atomic mass is 79.9. The molecule has 1 aromatic heterocycles. The van der Waals surface area contributed by atoms with Crippen molar-refractivity contribution in [3.05, 3.63) is 14.9 Å². The minimum atomic E-state index is -3.42. The molecule has 2 rings (SSSR count). The van der Waals surface area contributed by atoms with Crippen molar-refractivity contribution in [3.8, 4) is 0 Å². The highest BCUT2D eigenvalue weighted by Gasteiger charge is 2.32. The van der Waals surface area contributed by atoms with E-state index in [1.54, 1.807) is 4.31 Å². The summed E-state index contributed by atoms with van der Waals surface area (Å²) in [6, 6.07) is 1.76. The van der Waals surface area contributed by atoms with Crippen molar-refractivity contribution in [2.45, 2.75) is 24.1 Å². The summed E-state index contributed by atoms with van der Waals surface area (Å²) < 4.78 is 27.6. The molecule has 1 aliphatic rings. The molecule has 1 saturated heterocycles. The standard InChI is InChI=1S/C11H16BrClN2O2S2/c1-3-14-4-5-15(7-8(14)2)19(16,17)10-6-9(13)11(12)18-10/h6,8H,3-5,7H2,1-2H3. The van der Waals surface area contributed by atoms with Gasteiger partial charge in [-0.2, -0.15) is 4.31 Å². The minimum absolute atomic E-state index is 0.243. The van der Waals surface area contributed by atoms with Gasteiger partial charge in [0.2, 0.25) is 0 Å². The van der Waals surface area contributed by atoms with E-state index in [-0.39, 0.29) is 6.04 Å². The second-order valence-electron chi connectivity index (χ2n) is 4.53. The summed E-state index contributed by atoms with van der Waals surface area (Å²) in [7, 11) is -3.42. The molecule has 8 heteroatoms. The zero-order valence-electron chi connectivity index (χ0n) is 10.8. The first-order chi connectivity index (χ1) is 8.86. The van der Waals surface area contributed by atoms with Crippen molar-refractivity contribution >= 4 is 48.9 Å². The summed E-state index contributed by atoms with van der Waals surface area (Å²) >= 11 is 10.3. The average Bonchev–Trinajstić information content (AvgIpc) is 2.70. The Bertz CT molecular complexity index is 542. The van der Waals surface area contributed by atoms with Gasteiger partial charge >= 0.3 is 0 Å². The molecule has 0 aromatic carbocycles. The molecule has 0 spiro atoms. The fourth-order valence-corrected chi connectivity index (χ4v) is 6.30. The van der Waals surface area contributed by atoms with Gasteiger partial charge in [-0.15, -0.1) is 11.3 Å². The first-order valence-electron chi connectivity index (χ1n) is 6.05. The van der Waals surface area contributed by atoms with Gasteiger partial charge in [0.25, 0.3) is 10.0 Å². The van der Waals surface area contributed by atoms with E-state index in [9.17, 15) is 8.42 Å². The molecule has 0 N–H and O–H groups in total. The van der Waals surface area contributed by atoms with Crippen LogP contribution in [0.5, 0.6) is 0 Å². The third-order valence-electron chi connectivity index (χ3n) is 3.35. The predicted octanol–water partition coefficient (Wildman–Crippen LogP) is 2.88. The van der Waals surface area contributed by atoms with Crippen molar-refractivity contribution in [2.24, 2.45) is 0 Å². The van der Waals surface area contributed by atoms with Gasteiger partial charge in [-0.3, -0.25) is 4.90 Å². The van der Waals surface area contributed by atoms with Crippen LogP contribution in [0, 0.1) is 0 Å². The molecular formula is C11H16BrClN2O2S2. The van der Waals surface area contributed by atoms with Crippen molar-refractivity contribution in [1.29, 1.82) is 0 Å². The van der Waals surface area contributed by atoms with Crippen molar-refractivity contribution in [1.82, 2.24) is 9.21 Å². The normalized spacial score (nSPS) is 22.8. The predicted molar refractivity (Wildman–Crippen MR) is 82.5 cm³/mol. The van der Waals surface area contributed by atoms with Crippen molar-refractivity contribution in [3.63, 3.8) is 0 Å². The Morgan fingerprint density at radius 3 is 2.68 bits per heavy atom. The highest BCUT2D eigenvalue weighted by molar-refractivity contribution is 9.11. The van der Waals surface area contributed by atoms with Crippen LogP contribution in [0.2, 0.25) is 5.02 Å². The summed E-state index contributed by atoms with van der Waals surface area (Å²) in [5, 5.41) is 0.448. The molecule has 0 aliphatic carbocycles. The summed E-state index contributed by atoms with van der Waals surface area (Å²) in [6.07, 6.45) is 0. The maximum atomic E-state index is 12.5. The third kappa shape index (κ3) is 3.16. The minimum Gasteiger partial charge on any atom is -0.298 e. The Hall–Kier alpha value is 0.340.